The molecule has 0 spiro atoms. The van der Waals surface area contributed by atoms with Crippen molar-refractivity contribution in [3.05, 3.63) is 53.9 Å². The van der Waals surface area contributed by atoms with Gasteiger partial charge in [-0.1, -0.05) is 11.6 Å². The molecule has 0 radical (unpaired) electrons. The van der Waals surface area contributed by atoms with Crippen LogP contribution in [-0.2, 0) is 0 Å². The molecule has 1 aromatic heterocycles. The number of rotatable bonds is 4. The molecule has 0 aliphatic carbocycles. The average molecular weight is 270 g/mol. The molecule has 20 heavy (non-hydrogen) atoms. The van der Waals surface area contributed by atoms with E-state index in [1.54, 1.807) is 17.3 Å². The molecule has 104 valence electrons. The predicted molar refractivity (Wildman–Crippen MR) is 80.6 cm³/mol. The molecule has 5 nitrogen and oxygen atoms in total. The summed E-state index contributed by atoms with van der Waals surface area (Å²) in [7, 11) is 0. The Balaban J connectivity index is 2.41. The molecule has 0 atom stereocenters. The number of amides is 1. The summed E-state index contributed by atoms with van der Waals surface area (Å²) in [5.41, 5.74) is 5.58. The van der Waals surface area contributed by atoms with Crippen molar-refractivity contribution in [1.82, 2.24) is 4.98 Å². The van der Waals surface area contributed by atoms with Crippen molar-refractivity contribution in [2.75, 3.05) is 16.9 Å². The van der Waals surface area contributed by atoms with Crippen molar-refractivity contribution >= 4 is 17.3 Å². The first-order valence-corrected chi connectivity index (χ1v) is 6.46. The number of nitrogens with two attached hydrogens (primary N) is 1. The maximum atomic E-state index is 12.7. The van der Waals surface area contributed by atoms with Gasteiger partial charge in [0.15, 0.2) is 0 Å². The number of aryl methyl sites for hydroxylation is 1. The lowest BCUT2D eigenvalue weighted by Crippen LogP contribution is -2.31. The maximum Gasteiger partial charge on any atom is 0.260 e. The second-order valence-electron chi connectivity index (χ2n) is 4.45. The Kier molecular flexibility index (Phi) is 4.32. The number of pyridine rings is 1. The summed E-state index contributed by atoms with van der Waals surface area (Å²) >= 11 is 0. The van der Waals surface area contributed by atoms with Gasteiger partial charge in [-0.05, 0) is 38.1 Å². The number of nitrogens with one attached hydrogen (secondary N) is 1. The van der Waals surface area contributed by atoms with Crippen LogP contribution in [0.2, 0.25) is 0 Å². The normalized spacial score (nSPS) is 10.2. The highest BCUT2D eigenvalue weighted by Crippen LogP contribution is 2.22. The Morgan fingerprint density at radius 2 is 2.00 bits per heavy atom. The van der Waals surface area contributed by atoms with E-state index in [-0.39, 0.29) is 5.91 Å². The van der Waals surface area contributed by atoms with Crippen molar-refractivity contribution in [1.29, 1.82) is 0 Å². The van der Waals surface area contributed by atoms with Crippen molar-refractivity contribution in [2.24, 2.45) is 5.84 Å². The number of carbonyl (C=O) groups excluding carboxylic acids is 1. The largest absolute Gasteiger partial charge is 0.323 e. The van der Waals surface area contributed by atoms with E-state index in [0.717, 1.165) is 11.3 Å². The number of hydrogen-bond donors (Lipinski definition) is 2. The number of hydrogen-bond acceptors (Lipinski definition) is 4. The lowest BCUT2D eigenvalue weighted by molar-refractivity contribution is 0.0989. The van der Waals surface area contributed by atoms with Crippen LogP contribution in [0.3, 0.4) is 0 Å². The Labute approximate surface area is 118 Å². The van der Waals surface area contributed by atoms with Crippen LogP contribution in [0.25, 0.3) is 0 Å². The van der Waals surface area contributed by atoms with Gasteiger partial charge >= 0.3 is 0 Å². The first-order valence-electron chi connectivity index (χ1n) is 6.46. The average Bonchev–Trinajstić information content (AvgIpc) is 2.49. The Morgan fingerprint density at radius 1 is 1.30 bits per heavy atom. The second kappa shape index (κ2) is 6.16. The van der Waals surface area contributed by atoms with E-state index in [4.69, 9.17) is 5.84 Å². The van der Waals surface area contributed by atoms with Crippen LogP contribution in [0.4, 0.5) is 11.4 Å². The second-order valence-corrected chi connectivity index (χ2v) is 4.45. The highest BCUT2D eigenvalue weighted by molar-refractivity contribution is 6.09. The molecule has 1 aromatic carbocycles. The number of hydrazine groups is 1. The zero-order chi connectivity index (χ0) is 14.5. The highest BCUT2D eigenvalue weighted by atomic mass is 16.2. The van der Waals surface area contributed by atoms with Gasteiger partial charge in [0.25, 0.3) is 5.91 Å². The van der Waals surface area contributed by atoms with Gasteiger partial charge in [0.05, 0.1) is 11.3 Å². The van der Waals surface area contributed by atoms with E-state index in [1.807, 2.05) is 44.2 Å². The van der Waals surface area contributed by atoms with Crippen LogP contribution >= 0.6 is 0 Å². The molecular weight excluding hydrogens is 252 g/mol. The number of nitrogens with zero attached hydrogens (tertiary/aromatic N) is 2. The third kappa shape index (κ3) is 2.78. The van der Waals surface area contributed by atoms with Crippen molar-refractivity contribution in [3.8, 4) is 0 Å². The van der Waals surface area contributed by atoms with Crippen molar-refractivity contribution < 1.29 is 4.79 Å². The van der Waals surface area contributed by atoms with E-state index in [0.29, 0.717) is 17.8 Å². The smallest absolute Gasteiger partial charge is 0.260 e. The van der Waals surface area contributed by atoms with Crippen molar-refractivity contribution in [3.63, 3.8) is 0 Å². The molecule has 0 saturated heterocycles. The van der Waals surface area contributed by atoms with Crippen LogP contribution in [0.1, 0.15) is 22.8 Å². The molecular formula is C15H18N4O. The maximum absolute atomic E-state index is 12.7. The summed E-state index contributed by atoms with van der Waals surface area (Å²) < 4.78 is 0. The van der Waals surface area contributed by atoms with E-state index in [1.165, 1.54) is 0 Å². The predicted octanol–water partition coefficient (Wildman–Crippen LogP) is 2.34. The zero-order valence-electron chi connectivity index (χ0n) is 11.6. The molecule has 3 N–H and O–H groups in total. The van der Waals surface area contributed by atoms with Gasteiger partial charge in [0.2, 0.25) is 0 Å². The molecule has 1 heterocycles. The molecule has 2 rings (SSSR count). The van der Waals surface area contributed by atoms with E-state index >= 15 is 0 Å². The van der Waals surface area contributed by atoms with Crippen LogP contribution in [0, 0.1) is 6.92 Å². The summed E-state index contributed by atoms with van der Waals surface area (Å²) in [6, 6.07) is 9.18. The van der Waals surface area contributed by atoms with Gasteiger partial charge in [0, 0.05) is 24.6 Å². The minimum atomic E-state index is -0.0876. The first kappa shape index (κ1) is 14.0. The Morgan fingerprint density at radius 3 is 2.60 bits per heavy atom. The Bertz CT molecular complexity index is 598. The highest BCUT2D eigenvalue weighted by Gasteiger charge is 2.19. The summed E-state index contributed by atoms with van der Waals surface area (Å²) in [4.78, 5) is 18.4. The monoisotopic (exact) mass is 270 g/mol. The molecule has 0 unspecified atom stereocenters. The van der Waals surface area contributed by atoms with Gasteiger partial charge in [-0.15, -0.1) is 0 Å². The van der Waals surface area contributed by atoms with Crippen LogP contribution in [-0.4, -0.2) is 17.4 Å². The molecule has 5 heteroatoms. The van der Waals surface area contributed by atoms with Gasteiger partial charge in [-0.2, -0.15) is 0 Å². The minimum absolute atomic E-state index is 0.0876. The fraction of sp³-hybridized carbons (Fsp3) is 0.200. The lowest BCUT2D eigenvalue weighted by Gasteiger charge is -2.22. The fourth-order valence-electron chi connectivity index (χ4n) is 2.07. The molecule has 0 bridgehead atoms. The summed E-state index contributed by atoms with van der Waals surface area (Å²) in [6.07, 6.45) is 3.34. The summed E-state index contributed by atoms with van der Waals surface area (Å²) in [5.74, 6) is 5.40. The molecule has 2 aromatic rings. The molecule has 0 aliphatic heterocycles. The third-order valence-corrected chi connectivity index (χ3v) is 3.10. The number of nitrogen functional groups attached to an aromatic ring is 1. The van der Waals surface area contributed by atoms with Crippen molar-refractivity contribution in [2.45, 2.75) is 13.8 Å². The Hall–Kier alpha value is -2.40. The molecule has 0 saturated carbocycles. The standard InChI is InChI=1S/C15H18N4O/c1-3-19(12-6-8-17-9-7-12)15(20)13-10-11(2)4-5-14(13)18-16/h4-10,18H,3,16H2,1-2H3. The first-order chi connectivity index (χ1) is 9.67. The van der Waals surface area contributed by atoms with Gasteiger partial charge < -0.3 is 10.3 Å². The quantitative estimate of drug-likeness (QED) is 0.661. The SMILES string of the molecule is CCN(C(=O)c1cc(C)ccc1NN)c1ccncc1. The molecule has 0 fully saturated rings. The number of benzene rings is 1. The minimum Gasteiger partial charge on any atom is -0.323 e. The van der Waals surface area contributed by atoms with Crippen LogP contribution in [0.15, 0.2) is 42.7 Å². The number of anilines is 2. The van der Waals surface area contributed by atoms with Gasteiger partial charge in [0.1, 0.15) is 0 Å². The van der Waals surface area contributed by atoms with E-state index < -0.39 is 0 Å². The summed E-state index contributed by atoms with van der Waals surface area (Å²) in [6.45, 7) is 4.45. The lowest BCUT2D eigenvalue weighted by atomic mass is 10.1. The van der Waals surface area contributed by atoms with Crippen LogP contribution < -0.4 is 16.2 Å². The molecule has 1 amide bonds. The molecule has 0 aliphatic rings. The van der Waals surface area contributed by atoms with Gasteiger partial charge in [-0.25, -0.2) is 0 Å². The topological polar surface area (TPSA) is 71.2 Å². The van der Waals surface area contributed by atoms with Gasteiger partial charge in [-0.3, -0.25) is 15.6 Å². The number of carbonyl (C=O) groups is 1. The van der Waals surface area contributed by atoms with E-state index in [2.05, 4.69) is 10.4 Å². The number of aromatic nitrogens is 1. The van der Waals surface area contributed by atoms with Crippen LogP contribution in [0.5, 0.6) is 0 Å². The third-order valence-electron chi connectivity index (χ3n) is 3.10. The zero-order valence-corrected chi connectivity index (χ0v) is 11.6. The summed E-state index contributed by atoms with van der Waals surface area (Å²) in [5, 5.41) is 0. The fourth-order valence-corrected chi connectivity index (χ4v) is 2.07. The van der Waals surface area contributed by atoms with E-state index in [9.17, 15) is 4.79 Å².